The second-order valence-electron chi connectivity index (χ2n) is 2.54. The van der Waals surface area contributed by atoms with E-state index in [4.69, 9.17) is 4.74 Å². The monoisotopic (exact) mass is 160 g/mol. The second kappa shape index (κ2) is 2.93. The Bertz CT molecular complexity index is 141. The van der Waals surface area contributed by atoms with Crippen molar-refractivity contribution < 1.29 is 9.53 Å². The van der Waals surface area contributed by atoms with Crippen LogP contribution in [0.1, 0.15) is 26.7 Å². The van der Waals surface area contributed by atoms with Crippen molar-refractivity contribution in [3.05, 3.63) is 0 Å². The first kappa shape index (κ1) is 8.08. The summed E-state index contributed by atoms with van der Waals surface area (Å²) in [5.41, 5.74) is 0. The maximum Gasteiger partial charge on any atom is 0.188 e. The average Bonchev–Trinajstić information content (AvgIpc) is 2.47. The zero-order valence-electron chi connectivity index (χ0n) is 6.35. The molecule has 1 rings (SSSR count). The Morgan fingerprint density at radius 3 is 2.70 bits per heavy atom. The number of hydrogen-bond acceptors (Lipinski definition) is 3. The molecule has 0 aromatic carbocycles. The Kier molecular flexibility index (Phi) is 2.36. The van der Waals surface area contributed by atoms with Crippen molar-refractivity contribution in [2.24, 2.45) is 0 Å². The zero-order chi connectivity index (χ0) is 7.61. The summed E-state index contributed by atoms with van der Waals surface area (Å²) in [4.78, 5) is 10.5. The van der Waals surface area contributed by atoms with Gasteiger partial charge in [-0.15, -0.1) is 0 Å². The quantitative estimate of drug-likeness (QED) is 0.589. The van der Waals surface area contributed by atoms with Crippen molar-refractivity contribution in [3.63, 3.8) is 0 Å². The Hall–Kier alpha value is -0.0200. The average molecular weight is 160 g/mol. The Morgan fingerprint density at radius 2 is 2.40 bits per heavy atom. The van der Waals surface area contributed by atoms with Crippen LogP contribution in [0.5, 0.6) is 0 Å². The summed E-state index contributed by atoms with van der Waals surface area (Å²) >= 11 is 1.33. The first-order valence-electron chi connectivity index (χ1n) is 3.52. The van der Waals surface area contributed by atoms with E-state index in [1.165, 1.54) is 11.8 Å². The van der Waals surface area contributed by atoms with E-state index >= 15 is 0 Å². The van der Waals surface area contributed by atoms with Gasteiger partial charge in [-0.25, -0.2) is 0 Å². The van der Waals surface area contributed by atoms with E-state index in [0.717, 1.165) is 19.4 Å². The van der Waals surface area contributed by atoms with Crippen molar-refractivity contribution in [1.82, 2.24) is 0 Å². The van der Waals surface area contributed by atoms with Gasteiger partial charge in [0.25, 0.3) is 0 Å². The number of ether oxygens (including phenoxy) is 1. The van der Waals surface area contributed by atoms with Crippen molar-refractivity contribution >= 4 is 16.9 Å². The van der Waals surface area contributed by atoms with Gasteiger partial charge in [0.2, 0.25) is 0 Å². The van der Waals surface area contributed by atoms with E-state index in [0.29, 0.717) is 0 Å². The second-order valence-corrected chi connectivity index (χ2v) is 4.07. The fraction of sp³-hybridized carbons (Fsp3) is 0.857. The highest BCUT2D eigenvalue weighted by Gasteiger charge is 2.45. The minimum absolute atomic E-state index is 0.111. The summed E-state index contributed by atoms with van der Waals surface area (Å²) in [6.07, 6.45) is 2.08. The molecule has 1 fully saturated rings. The minimum Gasteiger partial charge on any atom is -0.358 e. The molecule has 3 heteroatoms. The van der Waals surface area contributed by atoms with Crippen LogP contribution in [0.25, 0.3) is 0 Å². The molecule has 0 radical (unpaired) electrons. The lowest BCUT2D eigenvalue weighted by molar-refractivity contribution is -0.109. The van der Waals surface area contributed by atoms with Gasteiger partial charge < -0.3 is 4.74 Å². The summed E-state index contributed by atoms with van der Waals surface area (Å²) in [6, 6.07) is 0. The minimum atomic E-state index is -0.111. The normalized spacial score (nSPS) is 30.2. The number of carbonyl (C=O) groups excluding carboxylic acids is 1. The topological polar surface area (TPSA) is 29.6 Å². The van der Waals surface area contributed by atoms with Gasteiger partial charge in [-0.1, -0.05) is 25.1 Å². The van der Waals surface area contributed by atoms with Gasteiger partial charge in [0.05, 0.1) is 6.61 Å². The molecular weight excluding hydrogens is 148 g/mol. The van der Waals surface area contributed by atoms with Gasteiger partial charge in [-0.2, -0.15) is 0 Å². The highest BCUT2D eigenvalue weighted by molar-refractivity contribution is 8.14. The number of epoxide rings is 1. The molecule has 0 bridgehead atoms. The van der Waals surface area contributed by atoms with Gasteiger partial charge in [-0.05, 0) is 6.42 Å². The van der Waals surface area contributed by atoms with Crippen molar-refractivity contribution in [2.75, 3.05) is 6.61 Å². The molecule has 0 saturated carbocycles. The molecule has 1 saturated heterocycles. The SMILES string of the molecule is CCCC1(SC(C)=O)CO1. The zero-order valence-corrected chi connectivity index (χ0v) is 7.16. The third-order valence-corrected chi connectivity index (χ3v) is 2.53. The lowest BCUT2D eigenvalue weighted by Gasteiger charge is -2.05. The molecule has 0 aromatic heterocycles. The lowest BCUT2D eigenvalue weighted by atomic mass is 10.3. The van der Waals surface area contributed by atoms with Gasteiger partial charge in [0.1, 0.15) is 4.93 Å². The summed E-state index contributed by atoms with van der Waals surface area (Å²) in [6.45, 7) is 4.44. The third-order valence-electron chi connectivity index (χ3n) is 1.43. The van der Waals surface area contributed by atoms with E-state index in [2.05, 4.69) is 6.92 Å². The molecule has 58 valence electrons. The highest BCUT2D eigenvalue weighted by Crippen LogP contribution is 2.43. The molecule has 0 amide bonds. The van der Waals surface area contributed by atoms with E-state index < -0.39 is 0 Å². The molecule has 10 heavy (non-hydrogen) atoms. The van der Waals surface area contributed by atoms with Gasteiger partial charge in [-0.3, -0.25) is 4.79 Å². The van der Waals surface area contributed by atoms with Gasteiger partial charge in [0.15, 0.2) is 5.12 Å². The van der Waals surface area contributed by atoms with Crippen molar-refractivity contribution in [2.45, 2.75) is 31.6 Å². The van der Waals surface area contributed by atoms with Crippen molar-refractivity contribution in [3.8, 4) is 0 Å². The summed E-state index contributed by atoms with van der Waals surface area (Å²) in [5, 5.41) is 0.158. The maximum absolute atomic E-state index is 10.7. The largest absolute Gasteiger partial charge is 0.358 e. The molecule has 0 aromatic rings. The van der Waals surface area contributed by atoms with Crippen LogP contribution in [-0.4, -0.2) is 16.7 Å². The standard InChI is InChI=1S/C7H12O2S/c1-3-4-7(5-9-7)10-6(2)8/h3-5H2,1-2H3. The molecule has 1 heterocycles. The van der Waals surface area contributed by atoms with Crippen LogP contribution < -0.4 is 0 Å². The Balaban J connectivity index is 2.30. The third kappa shape index (κ3) is 1.99. The fourth-order valence-electron chi connectivity index (χ4n) is 0.978. The molecule has 1 atom stereocenters. The molecule has 1 aliphatic heterocycles. The summed E-state index contributed by atoms with van der Waals surface area (Å²) in [7, 11) is 0. The van der Waals surface area contributed by atoms with Crippen LogP contribution in [-0.2, 0) is 9.53 Å². The van der Waals surface area contributed by atoms with E-state index in [-0.39, 0.29) is 10.0 Å². The number of rotatable bonds is 3. The summed E-state index contributed by atoms with van der Waals surface area (Å²) in [5.74, 6) is 0. The molecule has 2 nitrogen and oxygen atoms in total. The fourth-order valence-corrected chi connectivity index (χ4v) is 1.98. The number of hydrogen-bond donors (Lipinski definition) is 0. The molecular formula is C7H12O2S. The van der Waals surface area contributed by atoms with Crippen LogP contribution in [0, 0.1) is 0 Å². The predicted octanol–water partition coefficient (Wildman–Crippen LogP) is 1.79. The number of carbonyl (C=O) groups is 1. The molecule has 1 aliphatic rings. The molecule has 0 aliphatic carbocycles. The predicted molar refractivity (Wildman–Crippen MR) is 41.9 cm³/mol. The van der Waals surface area contributed by atoms with Crippen LogP contribution in [0.2, 0.25) is 0 Å². The van der Waals surface area contributed by atoms with Gasteiger partial charge >= 0.3 is 0 Å². The first-order valence-corrected chi connectivity index (χ1v) is 4.34. The Morgan fingerprint density at radius 1 is 1.80 bits per heavy atom. The van der Waals surface area contributed by atoms with Crippen LogP contribution in [0.15, 0.2) is 0 Å². The van der Waals surface area contributed by atoms with E-state index in [1.807, 2.05) is 0 Å². The van der Waals surface area contributed by atoms with Crippen LogP contribution in [0.3, 0.4) is 0 Å². The lowest BCUT2D eigenvalue weighted by Crippen LogP contribution is -2.06. The molecule has 0 spiro atoms. The maximum atomic E-state index is 10.7. The first-order chi connectivity index (χ1) is 4.68. The van der Waals surface area contributed by atoms with Crippen LogP contribution >= 0.6 is 11.8 Å². The smallest absolute Gasteiger partial charge is 0.188 e. The van der Waals surface area contributed by atoms with Crippen molar-refractivity contribution in [1.29, 1.82) is 0 Å². The number of thioether (sulfide) groups is 1. The molecule has 1 unspecified atom stereocenters. The highest BCUT2D eigenvalue weighted by atomic mass is 32.2. The van der Waals surface area contributed by atoms with Crippen LogP contribution in [0.4, 0.5) is 0 Å². The van der Waals surface area contributed by atoms with Gasteiger partial charge in [0, 0.05) is 6.92 Å². The summed E-state index contributed by atoms with van der Waals surface area (Å²) < 4.78 is 5.19. The Labute approximate surface area is 65.3 Å². The van der Waals surface area contributed by atoms with E-state index in [9.17, 15) is 4.79 Å². The van der Waals surface area contributed by atoms with E-state index in [1.54, 1.807) is 6.92 Å². The molecule has 0 N–H and O–H groups in total.